The van der Waals surface area contributed by atoms with E-state index >= 15 is 4.39 Å². The number of halogens is 1. The Morgan fingerprint density at radius 1 is 1.17 bits per heavy atom. The highest BCUT2D eigenvalue weighted by Crippen LogP contribution is 2.35. The summed E-state index contributed by atoms with van der Waals surface area (Å²) in [6.07, 6.45) is 4.82. The molecule has 184 valence electrons. The first-order chi connectivity index (χ1) is 16.9. The highest BCUT2D eigenvalue weighted by Gasteiger charge is 2.27. The summed E-state index contributed by atoms with van der Waals surface area (Å²) in [5.74, 6) is -1.57. The largest absolute Gasteiger partial charge is 0.477 e. The molecule has 1 amide bonds. The SMILES string of the molecule is CCOc1nnc(-c2cc(CC(C)(F)NC(=O)c3ccncc3)ccc2C)cc1C1CCOCC1. The zero-order valence-corrected chi connectivity index (χ0v) is 20.4. The highest BCUT2D eigenvalue weighted by molar-refractivity contribution is 5.94. The van der Waals surface area contributed by atoms with Gasteiger partial charge in [0, 0.05) is 48.7 Å². The number of aromatic nitrogens is 3. The quantitative estimate of drug-likeness (QED) is 0.468. The minimum Gasteiger partial charge on any atom is -0.477 e. The molecule has 3 aromatic rings. The maximum atomic E-state index is 15.4. The van der Waals surface area contributed by atoms with E-state index in [0.29, 0.717) is 37.2 Å². The summed E-state index contributed by atoms with van der Waals surface area (Å²) in [6, 6.07) is 10.9. The van der Waals surface area contributed by atoms with E-state index < -0.39 is 11.7 Å². The van der Waals surface area contributed by atoms with Crippen LogP contribution in [0.15, 0.2) is 48.8 Å². The molecule has 35 heavy (non-hydrogen) atoms. The number of carbonyl (C=O) groups is 1. The van der Waals surface area contributed by atoms with E-state index in [1.165, 1.54) is 19.3 Å². The minimum absolute atomic E-state index is 0.00832. The summed E-state index contributed by atoms with van der Waals surface area (Å²) in [6.45, 7) is 7.22. The number of benzene rings is 1. The molecule has 0 radical (unpaired) electrons. The Bertz CT molecular complexity index is 1160. The molecule has 0 bridgehead atoms. The van der Waals surface area contributed by atoms with E-state index in [-0.39, 0.29) is 6.42 Å². The lowest BCUT2D eigenvalue weighted by Gasteiger charge is -2.24. The molecule has 1 aliphatic heterocycles. The van der Waals surface area contributed by atoms with Gasteiger partial charge in [-0.05, 0) is 74.9 Å². The normalized spacial score (nSPS) is 15.9. The average molecular weight is 479 g/mol. The topological polar surface area (TPSA) is 86.2 Å². The predicted octanol–water partition coefficient (Wildman–Crippen LogP) is 4.80. The summed E-state index contributed by atoms with van der Waals surface area (Å²) in [5.41, 5.74) is 4.74. The van der Waals surface area contributed by atoms with Crippen LogP contribution < -0.4 is 10.1 Å². The Labute approximate surface area is 205 Å². The van der Waals surface area contributed by atoms with Gasteiger partial charge >= 0.3 is 0 Å². The van der Waals surface area contributed by atoms with E-state index in [0.717, 1.165) is 40.8 Å². The standard InChI is InChI=1S/C27H31FN4O3/c1-4-35-26-23(20-9-13-34-14-10-20)16-24(31-32-26)22-15-19(6-5-18(22)2)17-27(3,28)30-25(33)21-7-11-29-12-8-21/h5-8,11-12,15-16,20H,4,9-10,13-14,17H2,1-3H3,(H,30,33). The minimum atomic E-state index is -1.94. The zero-order valence-electron chi connectivity index (χ0n) is 20.4. The van der Waals surface area contributed by atoms with Gasteiger partial charge in [0.25, 0.3) is 5.91 Å². The Morgan fingerprint density at radius 3 is 2.63 bits per heavy atom. The van der Waals surface area contributed by atoms with Crippen molar-refractivity contribution in [2.75, 3.05) is 19.8 Å². The van der Waals surface area contributed by atoms with Crippen LogP contribution in [-0.2, 0) is 11.2 Å². The van der Waals surface area contributed by atoms with E-state index in [9.17, 15) is 4.79 Å². The predicted molar refractivity (Wildman–Crippen MR) is 131 cm³/mol. The number of hydrogen-bond donors (Lipinski definition) is 1. The fraction of sp³-hybridized carbons (Fsp3) is 0.407. The van der Waals surface area contributed by atoms with Crippen molar-refractivity contribution in [3.8, 4) is 17.1 Å². The number of aryl methyl sites for hydroxylation is 1. The molecule has 0 saturated carbocycles. The molecule has 1 aliphatic rings. The molecule has 2 aromatic heterocycles. The fourth-order valence-electron chi connectivity index (χ4n) is 4.37. The van der Waals surface area contributed by atoms with Gasteiger partial charge in [-0.25, -0.2) is 4.39 Å². The Morgan fingerprint density at radius 2 is 1.91 bits per heavy atom. The molecule has 8 heteroatoms. The summed E-state index contributed by atoms with van der Waals surface area (Å²) >= 11 is 0. The first-order valence-electron chi connectivity index (χ1n) is 12.0. The molecule has 4 rings (SSSR count). The number of pyridine rings is 1. The number of rotatable bonds is 8. The number of nitrogens with zero attached hydrogens (tertiary/aromatic N) is 3. The number of hydrogen-bond acceptors (Lipinski definition) is 6. The van der Waals surface area contributed by atoms with Gasteiger partial charge in [0.15, 0.2) is 5.79 Å². The summed E-state index contributed by atoms with van der Waals surface area (Å²) < 4.78 is 26.7. The second kappa shape index (κ2) is 10.9. The second-order valence-corrected chi connectivity index (χ2v) is 9.02. The molecule has 3 heterocycles. The van der Waals surface area contributed by atoms with Crippen LogP contribution in [0, 0.1) is 6.92 Å². The van der Waals surface area contributed by atoms with Crippen LogP contribution in [0.5, 0.6) is 5.88 Å². The molecule has 1 saturated heterocycles. The molecule has 7 nitrogen and oxygen atoms in total. The number of ether oxygens (including phenoxy) is 2. The molecule has 1 fully saturated rings. The third-order valence-electron chi connectivity index (χ3n) is 6.16. The molecule has 0 aliphatic carbocycles. The van der Waals surface area contributed by atoms with Gasteiger partial charge in [0.05, 0.1) is 12.3 Å². The molecule has 0 spiro atoms. The van der Waals surface area contributed by atoms with Gasteiger partial charge in [-0.1, -0.05) is 12.1 Å². The molecule has 1 N–H and O–H groups in total. The van der Waals surface area contributed by atoms with Crippen LogP contribution >= 0.6 is 0 Å². The van der Waals surface area contributed by atoms with Crippen molar-refractivity contribution in [2.24, 2.45) is 0 Å². The third kappa shape index (κ3) is 6.19. The maximum absolute atomic E-state index is 15.4. The number of nitrogens with one attached hydrogen (secondary N) is 1. The van der Waals surface area contributed by atoms with E-state index in [2.05, 4.69) is 20.5 Å². The molecular weight excluding hydrogens is 447 g/mol. The van der Waals surface area contributed by atoms with Crippen molar-refractivity contribution in [1.29, 1.82) is 0 Å². The lowest BCUT2D eigenvalue weighted by molar-refractivity contribution is 0.0759. The third-order valence-corrected chi connectivity index (χ3v) is 6.16. The fourth-order valence-corrected chi connectivity index (χ4v) is 4.37. The smallest absolute Gasteiger partial charge is 0.253 e. The van der Waals surface area contributed by atoms with Crippen LogP contribution in [0.2, 0.25) is 0 Å². The maximum Gasteiger partial charge on any atom is 0.253 e. The molecule has 1 unspecified atom stereocenters. The van der Waals surface area contributed by atoms with Crippen LogP contribution in [0.25, 0.3) is 11.3 Å². The molecular formula is C27H31FN4O3. The highest BCUT2D eigenvalue weighted by atomic mass is 19.1. The number of carbonyl (C=O) groups excluding carboxylic acids is 1. The number of amides is 1. The first-order valence-corrected chi connectivity index (χ1v) is 12.0. The van der Waals surface area contributed by atoms with Crippen LogP contribution in [0.4, 0.5) is 4.39 Å². The lowest BCUT2D eigenvalue weighted by atomic mass is 9.91. The van der Waals surface area contributed by atoms with Crippen LogP contribution in [0.1, 0.15) is 59.7 Å². The van der Waals surface area contributed by atoms with Gasteiger partial charge in [-0.2, -0.15) is 0 Å². The zero-order chi connectivity index (χ0) is 24.8. The van der Waals surface area contributed by atoms with Crippen molar-refractivity contribution >= 4 is 5.91 Å². The van der Waals surface area contributed by atoms with Gasteiger partial charge < -0.3 is 14.8 Å². The van der Waals surface area contributed by atoms with Crippen LogP contribution in [0.3, 0.4) is 0 Å². The summed E-state index contributed by atoms with van der Waals surface area (Å²) in [5, 5.41) is 11.3. The second-order valence-electron chi connectivity index (χ2n) is 9.02. The van der Waals surface area contributed by atoms with Crippen molar-refractivity contribution in [2.45, 2.75) is 51.7 Å². The van der Waals surface area contributed by atoms with Crippen LogP contribution in [-0.4, -0.2) is 46.7 Å². The Hall–Kier alpha value is -3.39. The monoisotopic (exact) mass is 478 g/mol. The van der Waals surface area contributed by atoms with Crippen molar-refractivity contribution in [3.05, 3.63) is 71.0 Å². The van der Waals surface area contributed by atoms with E-state index in [1.54, 1.807) is 12.1 Å². The van der Waals surface area contributed by atoms with E-state index in [4.69, 9.17) is 9.47 Å². The van der Waals surface area contributed by atoms with E-state index in [1.807, 2.05) is 38.1 Å². The summed E-state index contributed by atoms with van der Waals surface area (Å²) in [4.78, 5) is 16.3. The van der Waals surface area contributed by atoms with Gasteiger partial charge in [0.2, 0.25) is 5.88 Å². The number of alkyl halides is 1. The Balaban J connectivity index is 1.58. The molecule has 1 atom stereocenters. The van der Waals surface area contributed by atoms with Gasteiger partial charge in [0.1, 0.15) is 0 Å². The average Bonchev–Trinajstić information content (AvgIpc) is 2.86. The van der Waals surface area contributed by atoms with Gasteiger partial charge in [-0.15, -0.1) is 10.2 Å². The van der Waals surface area contributed by atoms with Crippen molar-refractivity contribution in [1.82, 2.24) is 20.5 Å². The lowest BCUT2D eigenvalue weighted by Crippen LogP contribution is -2.43. The first kappa shape index (κ1) is 24.7. The molecule has 1 aromatic carbocycles. The van der Waals surface area contributed by atoms with Gasteiger partial charge in [-0.3, -0.25) is 9.78 Å². The van der Waals surface area contributed by atoms with Crippen molar-refractivity contribution in [3.63, 3.8) is 0 Å². The summed E-state index contributed by atoms with van der Waals surface area (Å²) in [7, 11) is 0. The Kier molecular flexibility index (Phi) is 7.70. The van der Waals surface area contributed by atoms with Crippen molar-refractivity contribution < 1.29 is 18.7 Å².